The number of nitrogens with two attached hydrogens (primary N) is 1. The predicted octanol–water partition coefficient (Wildman–Crippen LogP) is 4.06. The van der Waals surface area contributed by atoms with Crippen molar-refractivity contribution in [3.8, 4) is 16.9 Å². The molecule has 0 aliphatic carbocycles. The number of hydrogen-bond donors (Lipinski definition) is 3. The minimum atomic E-state index is -1.11. The topological polar surface area (TPSA) is 141 Å². The van der Waals surface area contributed by atoms with Crippen LogP contribution in [-0.4, -0.2) is 34.2 Å². The molecule has 1 amide bonds. The van der Waals surface area contributed by atoms with Gasteiger partial charge in [0, 0.05) is 28.9 Å². The van der Waals surface area contributed by atoms with Gasteiger partial charge in [-0.05, 0) is 37.6 Å². The molecule has 9 nitrogen and oxygen atoms in total. The van der Waals surface area contributed by atoms with E-state index in [1.54, 1.807) is 6.07 Å². The fraction of sp³-hybridized carbons (Fsp3) is 0.130. The molecule has 0 saturated heterocycles. The number of aryl methyl sites for hydroxylation is 2. The van der Waals surface area contributed by atoms with Crippen LogP contribution in [0.4, 0.5) is 11.4 Å². The maximum absolute atomic E-state index is 12.1. The number of amides is 1. The van der Waals surface area contributed by atoms with Crippen molar-refractivity contribution in [3.05, 3.63) is 65.2 Å². The Morgan fingerprint density at radius 2 is 1.94 bits per heavy atom. The number of methoxy groups -OCH3 is 1. The number of aromatic nitrogens is 2. The van der Waals surface area contributed by atoms with E-state index in [1.165, 1.54) is 25.4 Å². The van der Waals surface area contributed by atoms with Crippen LogP contribution in [0.25, 0.3) is 22.0 Å². The van der Waals surface area contributed by atoms with E-state index >= 15 is 0 Å². The second-order valence-electron chi connectivity index (χ2n) is 7.22. The van der Waals surface area contributed by atoms with E-state index in [0.29, 0.717) is 33.8 Å². The van der Waals surface area contributed by atoms with Gasteiger partial charge in [-0.25, -0.2) is 4.79 Å². The molecule has 0 radical (unpaired) electrons. The van der Waals surface area contributed by atoms with E-state index < -0.39 is 11.9 Å². The second kappa shape index (κ2) is 8.03. The van der Waals surface area contributed by atoms with Crippen molar-refractivity contribution in [2.45, 2.75) is 13.8 Å². The molecule has 4 N–H and O–H groups in total. The number of nitrogens with zero attached hydrogens (tertiary/aromatic N) is 2. The smallest absolute Gasteiger partial charge is 0.335 e. The number of nitrogens with one attached hydrogen (secondary N) is 1. The molecule has 2 aromatic carbocycles. The number of rotatable bonds is 6. The Morgan fingerprint density at radius 3 is 2.56 bits per heavy atom. The van der Waals surface area contributed by atoms with Crippen molar-refractivity contribution in [1.29, 1.82) is 0 Å². The number of carbonyl (C=O) groups excluding carboxylic acids is 1. The lowest BCUT2D eigenvalue weighted by atomic mass is 10.0. The monoisotopic (exact) mass is 432 g/mol. The molecule has 162 valence electrons. The third-order valence-corrected chi connectivity index (χ3v) is 5.12. The van der Waals surface area contributed by atoms with Gasteiger partial charge in [-0.2, -0.15) is 0 Å². The van der Waals surface area contributed by atoms with Crippen molar-refractivity contribution in [3.63, 3.8) is 0 Å². The van der Waals surface area contributed by atoms with Gasteiger partial charge in [0.25, 0.3) is 5.91 Å². The first-order valence-corrected chi connectivity index (χ1v) is 9.63. The van der Waals surface area contributed by atoms with Crippen LogP contribution in [0.3, 0.4) is 0 Å². The summed E-state index contributed by atoms with van der Waals surface area (Å²) in [5.74, 6) is -0.734. The molecule has 4 rings (SSSR count). The summed E-state index contributed by atoms with van der Waals surface area (Å²) >= 11 is 0. The number of anilines is 2. The number of ether oxygens (including phenoxy) is 1. The Morgan fingerprint density at radius 1 is 1.16 bits per heavy atom. The van der Waals surface area contributed by atoms with Crippen molar-refractivity contribution >= 4 is 34.2 Å². The highest BCUT2D eigenvalue weighted by molar-refractivity contribution is 6.08. The molecule has 0 unspecified atom stereocenters. The predicted molar refractivity (Wildman–Crippen MR) is 118 cm³/mol. The van der Waals surface area contributed by atoms with Crippen LogP contribution in [0.1, 0.15) is 32.2 Å². The van der Waals surface area contributed by atoms with E-state index in [2.05, 4.69) is 15.5 Å². The summed E-state index contributed by atoms with van der Waals surface area (Å²) in [5.41, 5.74) is 9.73. The molecule has 0 bridgehead atoms. The van der Waals surface area contributed by atoms with Crippen LogP contribution in [-0.2, 0) is 0 Å². The molecule has 2 heterocycles. The van der Waals surface area contributed by atoms with E-state index in [-0.39, 0.29) is 11.1 Å². The molecule has 0 aliphatic rings. The van der Waals surface area contributed by atoms with Crippen molar-refractivity contribution in [1.82, 2.24) is 10.1 Å². The van der Waals surface area contributed by atoms with Gasteiger partial charge in [-0.15, -0.1) is 0 Å². The number of primary amides is 1. The highest BCUT2D eigenvalue weighted by Gasteiger charge is 2.18. The third-order valence-electron chi connectivity index (χ3n) is 5.12. The molecule has 0 aliphatic heterocycles. The summed E-state index contributed by atoms with van der Waals surface area (Å²) in [6.07, 6.45) is 1.39. The first kappa shape index (κ1) is 20.9. The number of carboxylic acid groups (broad SMARTS) is 1. The molecule has 0 fully saturated rings. The zero-order valence-electron chi connectivity index (χ0n) is 17.6. The zero-order chi connectivity index (χ0) is 23.0. The van der Waals surface area contributed by atoms with E-state index in [0.717, 1.165) is 16.8 Å². The summed E-state index contributed by atoms with van der Waals surface area (Å²) in [6.45, 7) is 3.69. The van der Waals surface area contributed by atoms with Crippen LogP contribution in [0.15, 0.2) is 47.1 Å². The number of carboxylic acids is 1. The Kier molecular flexibility index (Phi) is 5.23. The van der Waals surface area contributed by atoms with Crippen LogP contribution < -0.4 is 15.8 Å². The Balaban J connectivity index is 1.88. The number of benzene rings is 2. The minimum absolute atomic E-state index is 0.0338. The Bertz CT molecular complexity index is 1360. The van der Waals surface area contributed by atoms with E-state index in [1.807, 2.05) is 32.0 Å². The fourth-order valence-corrected chi connectivity index (χ4v) is 3.62. The highest BCUT2D eigenvalue weighted by Crippen LogP contribution is 2.34. The number of aromatic carboxylic acids is 1. The minimum Gasteiger partial charge on any atom is -0.497 e. The fourth-order valence-electron chi connectivity index (χ4n) is 3.62. The van der Waals surface area contributed by atoms with E-state index in [4.69, 9.17) is 15.0 Å². The van der Waals surface area contributed by atoms with Crippen molar-refractivity contribution in [2.75, 3.05) is 12.4 Å². The summed E-state index contributed by atoms with van der Waals surface area (Å²) in [7, 11) is 1.44. The van der Waals surface area contributed by atoms with Gasteiger partial charge < -0.3 is 25.4 Å². The van der Waals surface area contributed by atoms with Crippen LogP contribution in [0.5, 0.6) is 5.75 Å². The lowest BCUT2D eigenvalue weighted by Crippen LogP contribution is -2.14. The van der Waals surface area contributed by atoms with Crippen LogP contribution in [0.2, 0.25) is 0 Å². The number of pyridine rings is 1. The molecule has 32 heavy (non-hydrogen) atoms. The molecule has 0 atom stereocenters. The highest BCUT2D eigenvalue weighted by atomic mass is 16.5. The number of fused-ring (bicyclic) bond motifs is 1. The Hall–Kier alpha value is -4.40. The zero-order valence-corrected chi connectivity index (χ0v) is 17.6. The first-order valence-electron chi connectivity index (χ1n) is 9.63. The molecular weight excluding hydrogens is 412 g/mol. The maximum atomic E-state index is 12.1. The van der Waals surface area contributed by atoms with Crippen molar-refractivity contribution < 1.29 is 24.0 Å². The maximum Gasteiger partial charge on any atom is 0.335 e. The molecule has 2 aromatic heterocycles. The molecule has 0 spiro atoms. The van der Waals surface area contributed by atoms with Crippen molar-refractivity contribution in [2.24, 2.45) is 5.73 Å². The SMILES string of the molecule is COc1cc(Nc2c(C(N)=O)cnc3cc(-c4c(C)noc4C)ccc23)cc(C(=O)O)c1. The second-order valence-corrected chi connectivity index (χ2v) is 7.22. The number of hydrogen-bond acceptors (Lipinski definition) is 7. The van der Waals surface area contributed by atoms with Gasteiger partial charge >= 0.3 is 5.97 Å². The quantitative estimate of drug-likeness (QED) is 0.414. The largest absolute Gasteiger partial charge is 0.497 e. The third kappa shape index (κ3) is 3.71. The number of carbonyl (C=O) groups is 2. The molecular formula is C23H20N4O5. The van der Waals surface area contributed by atoms with Gasteiger partial charge in [0.2, 0.25) is 0 Å². The van der Waals surface area contributed by atoms with Gasteiger partial charge in [-0.3, -0.25) is 9.78 Å². The normalized spacial score (nSPS) is 10.8. The average Bonchev–Trinajstić information content (AvgIpc) is 3.10. The summed E-state index contributed by atoms with van der Waals surface area (Å²) in [4.78, 5) is 28.0. The average molecular weight is 432 g/mol. The lowest BCUT2D eigenvalue weighted by Gasteiger charge is -2.15. The van der Waals surface area contributed by atoms with Gasteiger partial charge in [0.15, 0.2) is 0 Å². The van der Waals surface area contributed by atoms with E-state index in [9.17, 15) is 14.7 Å². The Labute approximate surface area is 182 Å². The van der Waals surface area contributed by atoms with Crippen LogP contribution >= 0.6 is 0 Å². The van der Waals surface area contributed by atoms with Gasteiger partial charge in [0.05, 0.1) is 35.1 Å². The standard InChI is InChI=1S/C23H20N4O5/c1-11-20(12(2)32-27-11)13-4-5-17-19(8-13)25-10-18(22(24)28)21(17)26-15-6-14(23(29)30)7-16(9-15)31-3/h4-10H,1-3H3,(H2,24,28)(H,25,26)(H,29,30). The van der Waals surface area contributed by atoms with Gasteiger partial charge in [0.1, 0.15) is 11.5 Å². The first-order chi connectivity index (χ1) is 15.3. The van der Waals surface area contributed by atoms with Crippen LogP contribution in [0, 0.1) is 13.8 Å². The molecule has 4 aromatic rings. The summed E-state index contributed by atoms with van der Waals surface area (Å²) in [5, 5.41) is 17.2. The lowest BCUT2D eigenvalue weighted by molar-refractivity contribution is 0.0696. The van der Waals surface area contributed by atoms with Gasteiger partial charge in [-0.1, -0.05) is 17.3 Å². The molecule has 9 heteroatoms. The molecule has 0 saturated carbocycles. The summed E-state index contributed by atoms with van der Waals surface area (Å²) < 4.78 is 10.5. The summed E-state index contributed by atoms with van der Waals surface area (Å²) in [6, 6.07) is 10.0.